The van der Waals surface area contributed by atoms with E-state index in [1.165, 1.54) is 32.1 Å². The molecule has 0 radical (unpaired) electrons. The van der Waals surface area contributed by atoms with Gasteiger partial charge in [-0.2, -0.15) is 4.98 Å². The van der Waals surface area contributed by atoms with E-state index in [2.05, 4.69) is 31.2 Å². The van der Waals surface area contributed by atoms with Gasteiger partial charge < -0.3 is 9.84 Å². The maximum absolute atomic E-state index is 5.52. The van der Waals surface area contributed by atoms with Crippen LogP contribution in [-0.4, -0.2) is 16.7 Å². The van der Waals surface area contributed by atoms with E-state index in [0.29, 0.717) is 11.8 Å². The number of hydrogen-bond donors (Lipinski definition) is 1. The Kier molecular flexibility index (Phi) is 4.11. The molecule has 2 aliphatic rings. The fourth-order valence-electron chi connectivity index (χ4n) is 3.75. The van der Waals surface area contributed by atoms with Gasteiger partial charge in [-0.25, -0.2) is 0 Å². The molecule has 2 atom stereocenters. The average Bonchev–Trinajstić information content (AvgIpc) is 3.07. The van der Waals surface area contributed by atoms with Crippen LogP contribution in [0.5, 0.6) is 0 Å². The molecular weight excluding hydrogens is 250 g/mol. The van der Waals surface area contributed by atoms with Gasteiger partial charge in [-0.1, -0.05) is 25.9 Å². The van der Waals surface area contributed by atoms with E-state index in [-0.39, 0.29) is 6.04 Å². The first kappa shape index (κ1) is 14.1. The monoisotopic (exact) mass is 277 g/mol. The number of aromatic nitrogens is 2. The highest BCUT2D eigenvalue weighted by atomic mass is 16.5. The molecule has 2 heterocycles. The third-order valence-electron chi connectivity index (χ3n) is 5.34. The fraction of sp³-hybridized carbons (Fsp3) is 0.875. The molecule has 1 saturated carbocycles. The van der Waals surface area contributed by atoms with Crippen molar-refractivity contribution in [3.05, 3.63) is 11.7 Å². The van der Waals surface area contributed by atoms with Gasteiger partial charge in [0.05, 0.1) is 6.04 Å². The van der Waals surface area contributed by atoms with Gasteiger partial charge in [0.25, 0.3) is 0 Å². The summed E-state index contributed by atoms with van der Waals surface area (Å²) in [5, 5.41) is 7.73. The van der Waals surface area contributed by atoms with Crippen molar-refractivity contribution in [2.45, 2.75) is 64.8 Å². The largest absolute Gasteiger partial charge is 0.338 e. The maximum Gasteiger partial charge on any atom is 0.244 e. The first-order chi connectivity index (χ1) is 9.65. The molecular formula is C16H27N3O. The second-order valence-corrected chi connectivity index (χ2v) is 7.04. The van der Waals surface area contributed by atoms with Gasteiger partial charge in [0.1, 0.15) is 0 Å². The molecule has 1 saturated heterocycles. The summed E-state index contributed by atoms with van der Waals surface area (Å²) in [6.45, 7) is 7.99. The van der Waals surface area contributed by atoms with Crippen molar-refractivity contribution in [2.75, 3.05) is 6.54 Å². The highest BCUT2D eigenvalue weighted by Gasteiger charge is 2.32. The van der Waals surface area contributed by atoms with Gasteiger partial charge in [0.2, 0.25) is 5.89 Å². The molecule has 0 aromatic carbocycles. The average molecular weight is 277 g/mol. The zero-order chi connectivity index (χ0) is 14.1. The highest BCUT2D eigenvalue weighted by Crippen LogP contribution is 2.38. The summed E-state index contributed by atoms with van der Waals surface area (Å²) in [4.78, 5) is 4.70. The normalized spacial score (nSPS) is 34.8. The zero-order valence-corrected chi connectivity index (χ0v) is 12.9. The van der Waals surface area contributed by atoms with Crippen LogP contribution in [-0.2, 0) is 0 Å². The summed E-state index contributed by atoms with van der Waals surface area (Å²) in [5.74, 6) is 4.55. The van der Waals surface area contributed by atoms with Crippen LogP contribution in [0.4, 0.5) is 0 Å². The van der Waals surface area contributed by atoms with E-state index < -0.39 is 0 Å². The van der Waals surface area contributed by atoms with E-state index in [4.69, 9.17) is 9.51 Å². The van der Waals surface area contributed by atoms with Crippen LogP contribution in [0, 0.1) is 17.8 Å². The minimum atomic E-state index is 0.267. The topological polar surface area (TPSA) is 51.0 Å². The summed E-state index contributed by atoms with van der Waals surface area (Å²) < 4.78 is 5.52. The molecule has 2 unspecified atom stereocenters. The Labute approximate surface area is 121 Å². The van der Waals surface area contributed by atoms with Gasteiger partial charge in [-0.3, -0.25) is 0 Å². The Bertz CT molecular complexity index is 435. The van der Waals surface area contributed by atoms with Crippen LogP contribution >= 0.6 is 0 Å². The third-order valence-corrected chi connectivity index (χ3v) is 5.34. The van der Waals surface area contributed by atoms with Crippen LogP contribution in [0.2, 0.25) is 0 Å². The second kappa shape index (κ2) is 5.84. The zero-order valence-electron chi connectivity index (χ0n) is 12.9. The molecule has 1 aromatic heterocycles. The quantitative estimate of drug-likeness (QED) is 0.916. The van der Waals surface area contributed by atoms with Gasteiger partial charge in [0, 0.05) is 5.92 Å². The predicted octanol–water partition coefficient (Wildman–Crippen LogP) is 3.67. The Morgan fingerprint density at radius 1 is 1.15 bits per heavy atom. The Morgan fingerprint density at radius 3 is 2.50 bits per heavy atom. The van der Waals surface area contributed by atoms with Crippen molar-refractivity contribution in [1.82, 2.24) is 15.5 Å². The SMILES string of the molecule is CC(C)C1CCC(c2noc(C3NCCC3C)n2)CC1. The Balaban J connectivity index is 1.63. The van der Waals surface area contributed by atoms with Crippen LogP contribution in [0.1, 0.15) is 76.6 Å². The van der Waals surface area contributed by atoms with Crippen LogP contribution < -0.4 is 5.32 Å². The van der Waals surface area contributed by atoms with E-state index in [9.17, 15) is 0 Å². The van der Waals surface area contributed by atoms with Crippen molar-refractivity contribution >= 4 is 0 Å². The van der Waals surface area contributed by atoms with E-state index >= 15 is 0 Å². The Hall–Kier alpha value is -0.900. The molecule has 4 heteroatoms. The van der Waals surface area contributed by atoms with E-state index in [1.807, 2.05) is 0 Å². The third kappa shape index (κ3) is 2.76. The summed E-state index contributed by atoms with van der Waals surface area (Å²) >= 11 is 0. The van der Waals surface area contributed by atoms with Crippen molar-refractivity contribution in [2.24, 2.45) is 17.8 Å². The number of rotatable bonds is 3. The standard InChI is InChI=1S/C16H27N3O/c1-10(2)12-4-6-13(7-5-12)15-18-16(20-19-15)14-11(3)8-9-17-14/h10-14,17H,4-9H2,1-3H3. The van der Waals surface area contributed by atoms with Crippen molar-refractivity contribution in [3.8, 4) is 0 Å². The molecule has 112 valence electrons. The molecule has 3 rings (SSSR count). The van der Waals surface area contributed by atoms with Gasteiger partial charge in [0.15, 0.2) is 5.82 Å². The van der Waals surface area contributed by atoms with Crippen molar-refractivity contribution < 1.29 is 4.52 Å². The lowest BCUT2D eigenvalue weighted by molar-refractivity contribution is 0.251. The predicted molar refractivity (Wildman–Crippen MR) is 78.4 cm³/mol. The molecule has 0 amide bonds. The fourth-order valence-corrected chi connectivity index (χ4v) is 3.75. The molecule has 4 nitrogen and oxygen atoms in total. The van der Waals surface area contributed by atoms with Gasteiger partial charge in [-0.15, -0.1) is 0 Å². The van der Waals surface area contributed by atoms with E-state index in [0.717, 1.165) is 30.1 Å². The summed E-state index contributed by atoms with van der Waals surface area (Å²) in [7, 11) is 0. The maximum atomic E-state index is 5.52. The molecule has 1 aliphatic carbocycles. The van der Waals surface area contributed by atoms with Crippen LogP contribution in [0.25, 0.3) is 0 Å². The molecule has 1 N–H and O–H groups in total. The summed E-state index contributed by atoms with van der Waals surface area (Å²) in [6.07, 6.45) is 6.25. The number of nitrogens with one attached hydrogen (secondary N) is 1. The molecule has 0 spiro atoms. The van der Waals surface area contributed by atoms with Crippen LogP contribution in [0.15, 0.2) is 4.52 Å². The van der Waals surface area contributed by atoms with Gasteiger partial charge in [-0.05, 0) is 56.4 Å². The molecule has 20 heavy (non-hydrogen) atoms. The lowest BCUT2D eigenvalue weighted by atomic mass is 9.77. The Morgan fingerprint density at radius 2 is 1.90 bits per heavy atom. The minimum absolute atomic E-state index is 0.267. The first-order valence-electron chi connectivity index (χ1n) is 8.22. The van der Waals surface area contributed by atoms with Gasteiger partial charge >= 0.3 is 0 Å². The van der Waals surface area contributed by atoms with Crippen LogP contribution in [0.3, 0.4) is 0 Å². The summed E-state index contributed by atoms with van der Waals surface area (Å²) in [6, 6.07) is 0.267. The van der Waals surface area contributed by atoms with Crippen molar-refractivity contribution in [1.29, 1.82) is 0 Å². The van der Waals surface area contributed by atoms with Crippen molar-refractivity contribution in [3.63, 3.8) is 0 Å². The second-order valence-electron chi connectivity index (χ2n) is 7.04. The smallest absolute Gasteiger partial charge is 0.244 e. The lowest BCUT2D eigenvalue weighted by Crippen LogP contribution is -2.19. The van der Waals surface area contributed by atoms with E-state index in [1.54, 1.807) is 0 Å². The molecule has 2 fully saturated rings. The molecule has 1 aliphatic heterocycles. The molecule has 1 aromatic rings. The summed E-state index contributed by atoms with van der Waals surface area (Å²) in [5.41, 5.74) is 0. The lowest BCUT2D eigenvalue weighted by Gasteiger charge is -2.29. The number of nitrogens with zero attached hydrogens (tertiary/aromatic N) is 2. The molecule has 0 bridgehead atoms. The first-order valence-corrected chi connectivity index (χ1v) is 8.22. The minimum Gasteiger partial charge on any atom is -0.338 e. The number of hydrogen-bond acceptors (Lipinski definition) is 4. The highest BCUT2D eigenvalue weighted by molar-refractivity contribution is 5.02.